The number of piperidine rings is 1. The normalized spacial score (nSPS) is 22.2. The molecule has 0 saturated carbocycles. The molecule has 0 aromatic heterocycles. The molecule has 2 heterocycles. The first kappa shape index (κ1) is 19.8. The van der Waals surface area contributed by atoms with Gasteiger partial charge in [0.1, 0.15) is 5.82 Å². The summed E-state index contributed by atoms with van der Waals surface area (Å²) < 4.78 is 13.1. The zero-order chi connectivity index (χ0) is 19.2. The molecule has 2 atom stereocenters. The summed E-state index contributed by atoms with van der Waals surface area (Å²) in [5.74, 6) is 0.716. The van der Waals surface area contributed by atoms with Gasteiger partial charge in [0.25, 0.3) is 5.91 Å². The Hall–Kier alpha value is -1.95. The third-order valence-corrected chi connectivity index (χ3v) is 5.86. The maximum Gasteiger partial charge on any atom is 0.253 e. The van der Waals surface area contributed by atoms with Gasteiger partial charge in [-0.1, -0.05) is 6.92 Å². The fraction of sp³-hybridized carbons (Fsp3) is 0.619. The van der Waals surface area contributed by atoms with Crippen LogP contribution in [0, 0.1) is 17.7 Å². The van der Waals surface area contributed by atoms with Gasteiger partial charge in [0.2, 0.25) is 5.91 Å². The molecule has 2 aliphatic heterocycles. The molecule has 5 nitrogen and oxygen atoms in total. The van der Waals surface area contributed by atoms with E-state index in [9.17, 15) is 14.0 Å². The largest absolute Gasteiger partial charge is 0.341 e. The van der Waals surface area contributed by atoms with Crippen molar-refractivity contribution in [2.24, 2.45) is 11.8 Å². The molecule has 2 aliphatic rings. The molecule has 0 bridgehead atoms. The summed E-state index contributed by atoms with van der Waals surface area (Å²) in [4.78, 5) is 29.0. The number of hydrogen-bond acceptors (Lipinski definition) is 3. The van der Waals surface area contributed by atoms with Crippen molar-refractivity contribution in [2.45, 2.75) is 32.6 Å². The van der Waals surface area contributed by atoms with Gasteiger partial charge in [0.05, 0.1) is 0 Å². The molecule has 3 rings (SSSR count). The lowest BCUT2D eigenvalue weighted by Crippen LogP contribution is -2.39. The number of carbonyl (C=O) groups is 2. The summed E-state index contributed by atoms with van der Waals surface area (Å²) in [6.07, 6.45) is 3.74. The molecule has 0 spiro atoms. The van der Waals surface area contributed by atoms with Gasteiger partial charge in [-0.2, -0.15) is 0 Å². The topological polar surface area (TPSA) is 52.7 Å². The van der Waals surface area contributed by atoms with Crippen molar-refractivity contribution in [1.82, 2.24) is 15.1 Å². The molecule has 1 aromatic carbocycles. The van der Waals surface area contributed by atoms with E-state index < -0.39 is 0 Å². The molecule has 2 saturated heterocycles. The molecule has 0 aliphatic carbocycles. The van der Waals surface area contributed by atoms with Crippen LogP contribution in [-0.2, 0) is 4.79 Å². The average molecular weight is 375 g/mol. The van der Waals surface area contributed by atoms with E-state index in [-0.39, 0.29) is 17.6 Å². The quantitative estimate of drug-likeness (QED) is 0.880. The van der Waals surface area contributed by atoms with Crippen LogP contribution in [-0.4, -0.2) is 60.9 Å². The summed E-state index contributed by atoms with van der Waals surface area (Å²) in [7, 11) is 0. The van der Waals surface area contributed by atoms with Crippen molar-refractivity contribution in [3.05, 3.63) is 35.6 Å². The highest BCUT2D eigenvalue weighted by molar-refractivity contribution is 5.94. The lowest BCUT2D eigenvalue weighted by molar-refractivity contribution is -0.132. The van der Waals surface area contributed by atoms with E-state index in [0.29, 0.717) is 50.0 Å². The number of amides is 2. The summed E-state index contributed by atoms with van der Waals surface area (Å²) in [5.41, 5.74) is 0.495. The number of benzene rings is 1. The van der Waals surface area contributed by atoms with Gasteiger partial charge < -0.3 is 15.1 Å². The van der Waals surface area contributed by atoms with Crippen LogP contribution in [0.1, 0.15) is 43.0 Å². The van der Waals surface area contributed by atoms with Crippen LogP contribution in [0.4, 0.5) is 4.39 Å². The van der Waals surface area contributed by atoms with Crippen LogP contribution < -0.4 is 5.32 Å². The Morgan fingerprint density at radius 1 is 1.11 bits per heavy atom. The highest BCUT2D eigenvalue weighted by Gasteiger charge is 2.26. The average Bonchev–Trinajstić information content (AvgIpc) is 2.95. The predicted octanol–water partition coefficient (Wildman–Crippen LogP) is 2.53. The second-order valence-corrected chi connectivity index (χ2v) is 7.82. The van der Waals surface area contributed by atoms with Gasteiger partial charge in [-0.05, 0) is 68.5 Å². The van der Waals surface area contributed by atoms with E-state index in [1.165, 1.54) is 37.1 Å². The monoisotopic (exact) mass is 375 g/mol. The van der Waals surface area contributed by atoms with Crippen LogP contribution in [0.25, 0.3) is 0 Å². The summed E-state index contributed by atoms with van der Waals surface area (Å²) in [6, 6.07) is 5.65. The zero-order valence-electron chi connectivity index (χ0n) is 16.1. The van der Waals surface area contributed by atoms with E-state index >= 15 is 0 Å². The fourth-order valence-electron chi connectivity index (χ4n) is 4.08. The van der Waals surface area contributed by atoms with Crippen LogP contribution in [0.15, 0.2) is 24.3 Å². The van der Waals surface area contributed by atoms with E-state index in [4.69, 9.17) is 0 Å². The van der Waals surface area contributed by atoms with Crippen molar-refractivity contribution in [2.75, 3.05) is 39.3 Å². The number of rotatable bonds is 4. The number of nitrogens with one attached hydrogen (secondary N) is 1. The van der Waals surface area contributed by atoms with E-state index in [1.807, 2.05) is 4.90 Å². The molecule has 2 fully saturated rings. The third-order valence-electron chi connectivity index (χ3n) is 5.86. The Morgan fingerprint density at radius 3 is 2.52 bits per heavy atom. The van der Waals surface area contributed by atoms with Gasteiger partial charge >= 0.3 is 0 Å². The predicted molar refractivity (Wildman–Crippen MR) is 103 cm³/mol. The Labute approximate surface area is 160 Å². The van der Waals surface area contributed by atoms with Crippen LogP contribution in [0.3, 0.4) is 0 Å². The van der Waals surface area contributed by atoms with Crippen molar-refractivity contribution in [3.63, 3.8) is 0 Å². The molecule has 1 aromatic rings. The Kier molecular flexibility index (Phi) is 6.83. The molecular formula is C21H30FN3O2. The minimum atomic E-state index is -0.346. The highest BCUT2D eigenvalue weighted by atomic mass is 19.1. The maximum absolute atomic E-state index is 13.1. The second kappa shape index (κ2) is 9.31. The fourth-order valence-corrected chi connectivity index (χ4v) is 4.08. The van der Waals surface area contributed by atoms with Crippen LogP contribution in [0.5, 0.6) is 0 Å². The first-order valence-corrected chi connectivity index (χ1v) is 10.1. The van der Waals surface area contributed by atoms with E-state index in [2.05, 4.69) is 12.2 Å². The van der Waals surface area contributed by atoms with Crippen molar-refractivity contribution in [1.29, 1.82) is 0 Å². The molecule has 2 unspecified atom stereocenters. The Balaban J connectivity index is 1.52. The van der Waals surface area contributed by atoms with Gasteiger partial charge in [-0.3, -0.25) is 9.59 Å². The number of halogens is 1. The highest BCUT2D eigenvalue weighted by Crippen LogP contribution is 2.23. The Morgan fingerprint density at radius 2 is 1.81 bits per heavy atom. The second-order valence-electron chi connectivity index (χ2n) is 7.82. The van der Waals surface area contributed by atoms with Crippen molar-refractivity contribution < 1.29 is 14.0 Å². The molecule has 6 heteroatoms. The van der Waals surface area contributed by atoms with Gasteiger partial charge in [-0.25, -0.2) is 4.39 Å². The molecule has 27 heavy (non-hydrogen) atoms. The zero-order valence-corrected chi connectivity index (χ0v) is 16.1. The smallest absolute Gasteiger partial charge is 0.253 e. The van der Waals surface area contributed by atoms with Crippen LogP contribution in [0.2, 0.25) is 0 Å². The van der Waals surface area contributed by atoms with Gasteiger partial charge in [-0.15, -0.1) is 0 Å². The summed E-state index contributed by atoms with van der Waals surface area (Å²) >= 11 is 0. The molecule has 148 valence electrons. The minimum Gasteiger partial charge on any atom is -0.341 e. The van der Waals surface area contributed by atoms with Crippen molar-refractivity contribution >= 4 is 11.8 Å². The SMILES string of the molecule is CC(CC(=O)N1CCCN(C(=O)c2ccc(F)cc2)CC1)C1CCCNC1. The Bertz CT molecular complexity index is 643. The standard InChI is InChI=1S/C21H30FN3O2/c1-16(18-4-2-9-23-15-18)14-20(26)24-10-3-11-25(13-12-24)21(27)17-5-7-19(22)8-6-17/h5-8,16,18,23H,2-4,9-15H2,1H3. The molecular weight excluding hydrogens is 345 g/mol. The summed E-state index contributed by atoms with van der Waals surface area (Å²) in [6.45, 7) is 6.69. The molecule has 2 amide bonds. The first-order valence-electron chi connectivity index (χ1n) is 10.1. The third kappa shape index (κ3) is 5.28. The maximum atomic E-state index is 13.1. The van der Waals surface area contributed by atoms with Crippen LogP contribution >= 0.6 is 0 Å². The summed E-state index contributed by atoms with van der Waals surface area (Å²) in [5, 5.41) is 3.42. The number of hydrogen-bond donors (Lipinski definition) is 1. The van der Waals surface area contributed by atoms with Gasteiger partial charge in [0.15, 0.2) is 0 Å². The number of carbonyl (C=O) groups excluding carboxylic acids is 2. The van der Waals surface area contributed by atoms with Crippen molar-refractivity contribution in [3.8, 4) is 0 Å². The minimum absolute atomic E-state index is 0.0917. The molecule has 0 radical (unpaired) electrons. The van der Waals surface area contributed by atoms with Gasteiger partial charge in [0, 0.05) is 38.2 Å². The number of nitrogens with zero attached hydrogens (tertiary/aromatic N) is 2. The lowest BCUT2D eigenvalue weighted by atomic mass is 9.85. The van der Waals surface area contributed by atoms with E-state index in [0.717, 1.165) is 19.5 Å². The first-order chi connectivity index (χ1) is 13.0. The van der Waals surface area contributed by atoms with E-state index in [1.54, 1.807) is 4.90 Å². The lowest BCUT2D eigenvalue weighted by Gasteiger charge is -2.30. The molecule has 1 N–H and O–H groups in total.